The topological polar surface area (TPSA) is 83.3 Å². The maximum atomic E-state index is 12.2. The summed E-state index contributed by atoms with van der Waals surface area (Å²) < 4.78 is 11.1. The Balaban J connectivity index is 1.71. The molecule has 29 heavy (non-hydrogen) atoms. The monoisotopic (exact) mass is 391 g/mol. The summed E-state index contributed by atoms with van der Waals surface area (Å²) in [5.74, 6) is 1.15. The van der Waals surface area contributed by atoms with Crippen LogP contribution in [-0.4, -0.2) is 18.1 Å². The van der Waals surface area contributed by atoms with Crippen molar-refractivity contribution in [1.82, 2.24) is 0 Å². The Morgan fingerprint density at radius 1 is 1.07 bits per heavy atom. The summed E-state index contributed by atoms with van der Waals surface area (Å²) in [7, 11) is 1.58. The summed E-state index contributed by atoms with van der Waals surface area (Å²) in [6.07, 6.45) is 3.28. The molecule has 0 aliphatic carbocycles. The highest BCUT2D eigenvalue weighted by atomic mass is 16.8. The second-order valence-electron chi connectivity index (χ2n) is 6.25. The van der Waals surface area contributed by atoms with Crippen molar-refractivity contribution < 1.29 is 24.7 Å². The molecule has 0 amide bonds. The molecule has 0 heterocycles. The first-order valence-corrected chi connectivity index (χ1v) is 8.97. The third-order valence-electron chi connectivity index (χ3n) is 4.29. The van der Waals surface area contributed by atoms with Gasteiger partial charge in [0.25, 0.3) is 0 Å². The van der Waals surface area contributed by atoms with Gasteiger partial charge in [-0.15, -0.1) is 0 Å². The van der Waals surface area contributed by atoms with Crippen molar-refractivity contribution >= 4 is 17.5 Å². The average Bonchev–Trinajstić information content (AvgIpc) is 2.77. The molecule has 148 valence electrons. The minimum absolute atomic E-state index is 0.0715. The van der Waals surface area contributed by atoms with Crippen LogP contribution in [0.3, 0.4) is 0 Å². The molecule has 0 aromatic heterocycles. The zero-order valence-electron chi connectivity index (χ0n) is 15.9. The number of hydrogen-bond donors (Lipinski definition) is 2. The summed E-state index contributed by atoms with van der Waals surface area (Å²) in [5.41, 5.74) is 2.48. The molecule has 1 atom stereocenters. The van der Waals surface area contributed by atoms with Crippen molar-refractivity contribution in [3.05, 3.63) is 101 Å². The van der Waals surface area contributed by atoms with Crippen LogP contribution in [0.25, 0.3) is 6.08 Å². The van der Waals surface area contributed by atoms with Crippen LogP contribution < -0.4 is 14.7 Å². The number of carbonyl (C=O) groups is 1. The first kappa shape index (κ1) is 20.3. The summed E-state index contributed by atoms with van der Waals surface area (Å²) in [6.45, 7) is 0.240. The van der Waals surface area contributed by atoms with E-state index < -0.39 is 5.23 Å². The lowest BCUT2D eigenvalue weighted by atomic mass is 10.1. The molecular weight excluding hydrogens is 370 g/mol. The Hall–Kier alpha value is -3.45. The van der Waals surface area contributed by atoms with Crippen LogP contribution in [0, 0.1) is 5.21 Å². The number of rotatable bonds is 8. The molecule has 3 aromatic carbocycles. The van der Waals surface area contributed by atoms with Gasteiger partial charge in [-0.1, -0.05) is 42.5 Å². The van der Waals surface area contributed by atoms with Crippen molar-refractivity contribution in [2.75, 3.05) is 7.11 Å². The van der Waals surface area contributed by atoms with E-state index in [2.05, 4.69) is 0 Å². The summed E-state index contributed by atoms with van der Waals surface area (Å²) in [5, 5.41) is 18.9. The molecule has 0 saturated carbocycles. The van der Waals surface area contributed by atoms with Gasteiger partial charge in [0.2, 0.25) is 0 Å². The summed E-state index contributed by atoms with van der Waals surface area (Å²) in [4.78, 5) is 12.2. The van der Waals surface area contributed by atoms with Gasteiger partial charge >= 0.3 is 0 Å². The number of methoxy groups -OCH3 is 1. The van der Waals surface area contributed by atoms with Crippen LogP contribution in [0.5, 0.6) is 11.5 Å². The smallest absolute Gasteiger partial charge is 0.185 e. The van der Waals surface area contributed by atoms with E-state index in [0.717, 1.165) is 11.1 Å². The van der Waals surface area contributed by atoms with Crippen molar-refractivity contribution in [2.45, 2.75) is 6.61 Å². The second-order valence-corrected chi connectivity index (χ2v) is 6.25. The van der Waals surface area contributed by atoms with Gasteiger partial charge in [0.05, 0.1) is 7.11 Å². The number of carbonyl (C=O) groups excluding carboxylic acids is 1. The molecule has 6 heteroatoms. The molecule has 0 saturated heterocycles. The van der Waals surface area contributed by atoms with Gasteiger partial charge in [0.1, 0.15) is 18.1 Å². The number of hydrogen-bond acceptors (Lipinski definition) is 5. The van der Waals surface area contributed by atoms with Gasteiger partial charge in [0.15, 0.2) is 11.5 Å². The molecular formula is C23H21NO5. The van der Waals surface area contributed by atoms with E-state index in [1.165, 1.54) is 18.2 Å². The Labute approximate surface area is 168 Å². The molecule has 1 unspecified atom stereocenters. The molecule has 0 radical (unpaired) electrons. The number of nitrogens with one attached hydrogen (secondary N) is 1. The van der Waals surface area contributed by atoms with Crippen LogP contribution in [0.15, 0.2) is 78.9 Å². The van der Waals surface area contributed by atoms with E-state index in [9.17, 15) is 10.0 Å². The molecule has 6 nitrogen and oxygen atoms in total. The standard InChI is InChI=1S/C23H21NO5/c1-28-23-14-8-17(7-13-22(25)18-5-3-2-4-6-18)15-19(23)16-29-21-11-9-20(10-12-21)24(26)27/h2-15,24,26H,16H2,1H3. The molecule has 0 aliphatic heterocycles. The third-order valence-corrected chi connectivity index (χ3v) is 4.29. The minimum Gasteiger partial charge on any atom is -0.595 e. The highest BCUT2D eigenvalue weighted by molar-refractivity contribution is 6.06. The lowest BCUT2D eigenvalue weighted by molar-refractivity contribution is -0.991. The quantitative estimate of drug-likeness (QED) is 0.348. The fourth-order valence-electron chi connectivity index (χ4n) is 2.74. The van der Waals surface area contributed by atoms with Crippen molar-refractivity contribution in [1.29, 1.82) is 0 Å². The fourth-order valence-corrected chi connectivity index (χ4v) is 2.74. The van der Waals surface area contributed by atoms with Crippen LogP contribution in [0.2, 0.25) is 0 Å². The largest absolute Gasteiger partial charge is 0.595 e. The van der Waals surface area contributed by atoms with Gasteiger partial charge in [0, 0.05) is 23.3 Å². The van der Waals surface area contributed by atoms with Crippen molar-refractivity contribution in [3.8, 4) is 11.5 Å². The van der Waals surface area contributed by atoms with Crippen molar-refractivity contribution in [3.63, 3.8) is 0 Å². The lowest BCUT2D eigenvalue weighted by Gasteiger charge is -2.13. The Kier molecular flexibility index (Phi) is 6.76. The van der Waals surface area contributed by atoms with E-state index in [-0.39, 0.29) is 18.1 Å². The highest BCUT2D eigenvalue weighted by Gasteiger charge is 2.07. The van der Waals surface area contributed by atoms with Gasteiger partial charge in [-0.05, 0) is 35.9 Å². The van der Waals surface area contributed by atoms with Gasteiger partial charge in [-0.2, -0.15) is 5.23 Å². The minimum atomic E-state index is -0.984. The normalized spacial score (nSPS) is 12.0. The summed E-state index contributed by atoms with van der Waals surface area (Å²) in [6, 6.07) is 20.8. The molecule has 2 N–H and O–H groups in total. The zero-order chi connectivity index (χ0) is 20.6. The Bertz CT molecular complexity index is 982. The first-order chi connectivity index (χ1) is 14.1. The molecule has 0 bridgehead atoms. The molecule has 0 aliphatic rings. The van der Waals surface area contributed by atoms with Crippen LogP contribution >= 0.6 is 0 Å². The Morgan fingerprint density at radius 3 is 2.45 bits per heavy atom. The molecule has 3 aromatic rings. The van der Waals surface area contributed by atoms with E-state index in [4.69, 9.17) is 14.7 Å². The molecule has 0 spiro atoms. The SMILES string of the molecule is COc1ccc(C=CC(=O)c2ccccc2)cc1COc1ccc([NH+]([O-])O)cc1. The highest BCUT2D eigenvalue weighted by Crippen LogP contribution is 2.23. The second kappa shape index (κ2) is 9.66. The Morgan fingerprint density at radius 2 is 1.79 bits per heavy atom. The van der Waals surface area contributed by atoms with Crippen LogP contribution in [-0.2, 0) is 6.61 Å². The number of allylic oxidation sites excluding steroid dienone is 1. The summed E-state index contributed by atoms with van der Waals surface area (Å²) >= 11 is 0. The van der Waals surface area contributed by atoms with Gasteiger partial charge < -0.3 is 14.7 Å². The molecule has 0 fully saturated rings. The molecule has 3 rings (SSSR count). The van der Waals surface area contributed by atoms with E-state index >= 15 is 0 Å². The fraction of sp³-hybridized carbons (Fsp3) is 0.0870. The van der Waals surface area contributed by atoms with E-state index in [1.54, 1.807) is 37.5 Å². The number of ether oxygens (including phenoxy) is 2. The maximum Gasteiger partial charge on any atom is 0.185 e. The average molecular weight is 391 g/mol. The van der Waals surface area contributed by atoms with Crippen molar-refractivity contribution in [2.24, 2.45) is 0 Å². The number of ketones is 1. The predicted molar refractivity (Wildman–Crippen MR) is 109 cm³/mol. The lowest BCUT2D eigenvalue weighted by Crippen LogP contribution is -2.99. The maximum absolute atomic E-state index is 12.2. The number of quaternary nitrogens is 1. The third kappa shape index (κ3) is 5.52. The first-order valence-electron chi connectivity index (χ1n) is 8.97. The van der Waals surface area contributed by atoms with Gasteiger partial charge in [-0.3, -0.25) is 4.79 Å². The zero-order valence-corrected chi connectivity index (χ0v) is 15.9. The van der Waals surface area contributed by atoms with Crippen LogP contribution in [0.4, 0.5) is 5.69 Å². The van der Waals surface area contributed by atoms with E-state index in [1.807, 2.05) is 36.4 Å². The number of benzene rings is 3. The van der Waals surface area contributed by atoms with Crippen LogP contribution in [0.1, 0.15) is 21.5 Å². The predicted octanol–water partition coefficient (Wildman–Crippen LogP) is 3.57. The van der Waals surface area contributed by atoms with Gasteiger partial charge in [-0.25, -0.2) is 5.21 Å². The van der Waals surface area contributed by atoms with E-state index in [0.29, 0.717) is 17.1 Å².